The van der Waals surface area contributed by atoms with Crippen LogP contribution in [0.15, 0.2) is 30.7 Å². The topological polar surface area (TPSA) is 85.4 Å². The molecular formula is C13H14N6. The fraction of sp³-hybridized carbons (Fsp3) is 0.154. The van der Waals surface area contributed by atoms with E-state index in [1.165, 1.54) is 0 Å². The number of rotatable bonds is 2. The van der Waals surface area contributed by atoms with Gasteiger partial charge in [-0.2, -0.15) is 10.2 Å². The second kappa shape index (κ2) is 4.24. The van der Waals surface area contributed by atoms with Gasteiger partial charge < -0.3 is 5.73 Å². The zero-order valence-electron chi connectivity index (χ0n) is 10.8. The van der Waals surface area contributed by atoms with Crippen LogP contribution >= 0.6 is 0 Å². The Morgan fingerprint density at radius 2 is 2.21 bits per heavy atom. The molecule has 0 radical (unpaired) electrons. The Hall–Kier alpha value is -2.63. The molecule has 3 rings (SSSR count). The van der Waals surface area contributed by atoms with Crippen molar-refractivity contribution < 1.29 is 0 Å². The van der Waals surface area contributed by atoms with Gasteiger partial charge in [-0.05, 0) is 13.0 Å². The summed E-state index contributed by atoms with van der Waals surface area (Å²) in [7, 11) is 1.89. The number of nitrogens with two attached hydrogens (primary N) is 1. The number of nitrogen functional groups attached to an aromatic ring is 1. The summed E-state index contributed by atoms with van der Waals surface area (Å²) in [6, 6.07) is 3.84. The van der Waals surface area contributed by atoms with Crippen molar-refractivity contribution in [1.29, 1.82) is 0 Å². The second-order valence-electron chi connectivity index (χ2n) is 4.40. The quantitative estimate of drug-likeness (QED) is 0.729. The van der Waals surface area contributed by atoms with Crippen LogP contribution in [-0.2, 0) is 7.05 Å². The van der Waals surface area contributed by atoms with Crippen molar-refractivity contribution in [1.82, 2.24) is 25.0 Å². The monoisotopic (exact) mass is 254 g/mol. The molecule has 0 aliphatic carbocycles. The average Bonchev–Trinajstić information content (AvgIpc) is 2.93. The van der Waals surface area contributed by atoms with Crippen molar-refractivity contribution in [2.24, 2.45) is 7.05 Å². The van der Waals surface area contributed by atoms with Gasteiger partial charge in [0.05, 0.1) is 17.0 Å². The standard InChI is InChI=1S/C13H14N6/c1-8-10(7-19(2)18-8)12-11(13(14)17-16-12)9-4-3-5-15-6-9/h3-7H,1-2H3,(H3,14,16,17). The first kappa shape index (κ1) is 11.5. The lowest BCUT2D eigenvalue weighted by Gasteiger charge is -2.02. The molecule has 6 heteroatoms. The highest BCUT2D eigenvalue weighted by Gasteiger charge is 2.17. The van der Waals surface area contributed by atoms with E-state index >= 15 is 0 Å². The Morgan fingerprint density at radius 3 is 2.84 bits per heavy atom. The Morgan fingerprint density at radius 1 is 1.37 bits per heavy atom. The molecule has 0 unspecified atom stereocenters. The van der Waals surface area contributed by atoms with E-state index < -0.39 is 0 Å². The van der Waals surface area contributed by atoms with Crippen molar-refractivity contribution in [3.8, 4) is 22.4 Å². The molecule has 0 fully saturated rings. The molecule has 19 heavy (non-hydrogen) atoms. The molecular weight excluding hydrogens is 240 g/mol. The summed E-state index contributed by atoms with van der Waals surface area (Å²) in [4.78, 5) is 4.13. The van der Waals surface area contributed by atoms with Gasteiger partial charge in [-0.3, -0.25) is 14.8 Å². The van der Waals surface area contributed by atoms with Gasteiger partial charge in [0.25, 0.3) is 0 Å². The molecule has 0 bridgehead atoms. The first-order valence-electron chi connectivity index (χ1n) is 5.91. The number of aryl methyl sites for hydroxylation is 2. The number of nitrogens with zero attached hydrogens (tertiary/aromatic N) is 4. The van der Waals surface area contributed by atoms with E-state index in [0.717, 1.165) is 28.1 Å². The number of H-pyrrole nitrogens is 1. The fourth-order valence-corrected chi connectivity index (χ4v) is 2.20. The van der Waals surface area contributed by atoms with Gasteiger partial charge in [-0.15, -0.1) is 0 Å². The maximum atomic E-state index is 5.97. The van der Waals surface area contributed by atoms with E-state index in [4.69, 9.17) is 5.73 Å². The molecule has 0 aromatic carbocycles. The molecule has 0 aliphatic rings. The summed E-state index contributed by atoms with van der Waals surface area (Å²) in [6.45, 7) is 1.96. The number of aromatic amines is 1. The van der Waals surface area contributed by atoms with Crippen molar-refractivity contribution >= 4 is 5.82 Å². The number of nitrogens with one attached hydrogen (secondary N) is 1. The van der Waals surface area contributed by atoms with Crippen LogP contribution in [0.2, 0.25) is 0 Å². The summed E-state index contributed by atoms with van der Waals surface area (Å²) in [5, 5.41) is 11.4. The minimum absolute atomic E-state index is 0.464. The van der Waals surface area contributed by atoms with Crippen LogP contribution in [0.1, 0.15) is 5.69 Å². The van der Waals surface area contributed by atoms with Crippen LogP contribution in [0.25, 0.3) is 22.4 Å². The smallest absolute Gasteiger partial charge is 0.153 e. The average molecular weight is 254 g/mol. The normalized spacial score (nSPS) is 10.8. The van der Waals surface area contributed by atoms with Crippen LogP contribution in [0, 0.1) is 6.92 Å². The molecule has 96 valence electrons. The molecule has 3 aromatic rings. The summed E-state index contributed by atoms with van der Waals surface area (Å²) in [6.07, 6.45) is 5.45. The van der Waals surface area contributed by atoms with E-state index in [0.29, 0.717) is 5.82 Å². The summed E-state index contributed by atoms with van der Waals surface area (Å²) >= 11 is 0. The molecule has 3 N–H and O–H groups in total. The molecule has 3 heterocycles. The Bertz CT molecular complexity index is 710. The highest BCUT2D eigenvalue weighted by molar-refractivity contribution is 5.87. The minimum Gasteiger partial charge on any atom is -0.382 e. The van der Waals surface area contributed by atoms with Gasteiger partial charge >= 0.3 is 0 Å². The number of aromatic nitrogens is 5. The predicted molar refractivity (Wildman–Crippen MR) is 73.2 cm³/mol. The van der Waals surface area contributed by atoms with Gasteiger partial charge in [0.15, 0.2) is 5.82 Å². The summed E-state index contributed by atoms with van der Waals surface area (Å²) < 4.78 is 1.77. The zero-order chi connectivity index (χ0) is 13.4. The van der Waals surface area contributed by atoms with E-state index in [2.05, 4.69) is 20.3 Å². The van der Waals surface area contributed by atoms with Crippen molar-refractivity contribution in [3.63, 3.8) is 0 Å². The van der Waals surface area contributed by atoms with Gasteiger partial charge in [-0.1, -0.05) is 6.07 Å². The minimum atomic E-state index is 0.464. The number of hydrogen-bond acceptors (Lipinski definition) is 4. The first-order valence-corrected chi connectivity index (χ1v) is 5.91. The molecule has 0 saturated carbocycles. The third kappa shape index (κ3) is 1.87. The highest BCUT2D eigenvalue weighted by Crippen LogP contribution is 2.35. The molecule has 0 atom stereocenters. The van der Waals surface area contributed by atoms with Gasteiger partial charge in [0.2, 0.25) is 0 Å². The fourth-order valence-electron chi connectivity index (χ4n) is 2.20. The van der Waals surface area contributed by atoms with Crippen LogP contribution in [0.3, 0.4) is 0 Å². The van der Waals surface area contributed by atoms with Gasteiger partial charge in [-0.25, -0.2) is 0 Å². The molecule has 0 saturated heterocycles. The Balaban J connectivity index is 2.22. The van der Waals surface area contributed by atoms with Gasteiger partial charge in [0, 0.05) is 36.8 Å². The lowest BCUT2D eigenvalue weighted by Crippen LogP contribution is -1.89. The van der Waals surface area contributed by atoms with E-state index in [1.54, 1.807) is 17.1 Å². The molecule has 3 aromatic heterocycles. The Kier molecular flexibility index (Phi) is 2.56. The molecule has 0 aliphatic heterocycles. The molecule has 0 amide bonds. The zero-order valence-corrected chi connectivity index (χ0v) is 10.8. The lowest BCUT2D eigenvalue weighted by molar-refractivity contribution is 0.756. The molecule has 0 spiro atoms. The number of hydrogen-bond donors (Lipinski definition) is 2. The highest BCUT2D eigenvalue weighted by atomic mass is 15.3. The first-order chi connectivity index (χ1) is 9.16. The Labute approximate surface area is 110 Å². The van der Waals surface area contributed by atoms with Crippen LogP contribution in [0.5, 0.6) is 0 Å². The third-order valence-electron chi connectivity index (χ3n) is 3.03. The number of anilines is 1. The van der Waals surface area contributed by atoms with E-state index in [-0.39, 0.29) is 0 Å². The summed E-state index contributed by atoms with van der Waals surface area (Å²) in [5.41, 5.74) is 10.6. The van der Waals surface area contributed by atoms with Crippen LogP contribution in [0.4, 0.5) is 5.82 Å². The predicted octanol–water partition coefficient (Wildman–Crippen LogP) is 1.76. The van der Waals surface area contributed by atoms with Crippen molar-refractivity contribution in [3.05, 3.63) is 36.4 Å². The van der Waals surface area contributed by atoms with E-state index in [1.807, 2.05) is 32.3 Å². The number of pyridine rings is 1. The third-order valence-corrected chi connectivity index (χ3v) is 3.03. The maximum absolute atomic E-state index is 5.97. The van der Waals surface area contributed by atoms with Gasteiger partial charge in [0.1, 0.15) is 0 Å². The summed E-state index contributed by atoms with van der Waals surface area (Å²) in [5.74, 6) is 0.464. The van der Waals surface area contributed by atoms with Crippen molar-refractivity contribution in [2.75, 3.05) is 5.73 Å². The lowest BCUT2D eigenvalue weighted by atomic mass is 10.0. The second-order valence-corrected chi connectivity index (χ2v) is 4.40. The van der Waals surface area contributed by atoms with Crippen LogP contribution < -0.4 is 5.73 Å². The van der Waals surface area contributed by atoms with Crippen LogP contribution in [-0.4, -0.2) is 25.0 Å². The molecule has 6 nitrogen and oxygen atoms in total. The van der Waals surface area contributed by atoms with Crippen molar-refractivity contribution in [2.45, 2.75) is 6.92 Å². The van der Waals surface area contributed by atoms with E-state index in [9.17, 15) is 0 Å². The maximum Gasteiger partial charge on any atom is 0.153 e. The SMILES string of the molecule is Cc1nn(C)cc1-c1[nH]nc(N)c1-c1cccnc1. The largest absolute Gasteiger partial charge is 0.382 e.